The lowest BCUT2D eigenvalue weighted by molar-refractivity contribution is -0.127. The third kappa shape index (κ3) is 6.12. The van der Waals surface area contributed by atoms with Crippen molar-refractivity contribution in [3.8, 4) is 0 Å². The summed E-state index contributed by atoms with van der Waals surface area (Å²) >= 11 is 0. The molecule has 0 aliphatic carbocycles. The predicted octanol–water partition coefficient (Wildman–Crippen LogP) is 3.66. The zero-order valence-electron chi connectivity index (χ0n) is 17.9. The quantitative estimate of drug-likeness (QED) is 0.759. The SMILES string of the molecule is Cc1cccc(Nc2cc(C)nc(C3CCCN(C(=O)/C=C/CN(C)C)C3)c2)n1. The Bertz CT molecular complexity index is 877. The van der Waals surface area contributed by atoms with Gasteiger partial charge in [-0.15, -0.1) is 0 Å². The van der Waals surface area contributed by atoms with Gasteiger partial charge in [0.25, 0.3) is 0 Å². The van der Waals surface area contributed by atoms with Crippen LogP contribution in [0.15, 0.2) is 42.5 Å². The average Bonchev–Trinajstić information content (AvgIpc) is 2.67. The number of likely N-dealkylation sites (tertiary alicyclic amines) is 1. The van der Waals surface area contributed by atoms with Crippen LogP contribution >= 0.6 is 0 Å². The molecule has 0 aromatic carbocycles. The summed E-state index contributed by atoms with van der Waals surface area (Å²) in [6, 6.07) is 10.1. The van der Waals surface area contributed by atoms with Crippen molar-refractivity contribution in [1.29, 1.82) is 0 Å². The Balaban J connectivity index is 1.71. The zero-order valence-corrected chi connectivity index (χ0v) is 17.9. The first-order valence-electron chi connectivity index (χ1n) is 10.2. The minimum absolute atomic E-state index is 0.0894. The number of carbonyl (C=O) groups excluding carboxylic acids is 1. The van der Waals surface area contributed by atoms with Gasteiger partial charge in [0.1, 0.15) is 5.82 Å². The molecule has 0 saturated carbocycles. The van der Waals surface area contributed by atoms with Crippen LogP contribution in [0.4, 0.5) is 11.5 Å². The maximum atomic E-state index is 12.5. The van der Waals surface area contributed by atoms with E-state index in [1.807, 2.05) is 68.1 Å². The summed E-state index contributed by atoms with van der Waals surface area (Å²) in [6.45, 7) is 6.28. The zero-order chi connectivity index (χ0) is 20.8. The fourth-order valence-corrected chi connectivity index (χ4v) is 3.62. The Kier molecular flexibility index (Phi) is 6.99. The summed E-state index contributed by atoms with van der Waals surface area (Å²) in [5.74, 6) is 1.17. The number of pyridine rings is 2. The molecule has 1 saturated heterocycles. The van der Waals surface area contributed by atoms with E-state index in [-0.39, 0.29) is 11.8 Å². The highest BCUT2D eigenvalue weighted by molar-refractivity contribution is 5.87. The van der Waals surface area contributed by atoms with E-state index in [9.17, 15) is 4.79 Å². The minimum atomic E-state index is 0.0894. The van der Waals surface area contributed by atoms with Gasteiger partial charge in [-0.25, -0.2) is 4.98 Å². The standard InChI is InChI=1S/C23H31N5O/c1-17-8-5-10-22(25-17)26-20-14-18(2)24-21(15-20)19-9-6-13-28(16-19)23(29)11-7-12-27(3)4/h5,7-8,10-11,14-15,19H,6,9,12-13,16H2,1-4H3,(H,24,25,26)/b11-7+. The molecule has 1 fully saturated rings. The summed E-state index contributed by atoms with van der Waals surface area (Å²) in [5, 5.41) is 3.39. The van der Waals surface area contributed by atoms with Crippen molar-refractivity contribution in [2.75, 3.05) is 39.0 Å². The van der Waals surface area contributed by atoms with Gasteiger partial charge in [-0.05, 0) is 65.0 Å². The highest BCUT2D eigenvalue weighted by atomic mass is 16.2. The number of hydrogen-bond acceptors (Lipinski definition) is 5. The van der Waals surface area contributed by atoms with E-state index < -0.39 is 0 Å². The van der Waals surface area contributed by atoms with E-state index in [1.165, 1.54) is 0 Å². The third-order valence-electron chi connectivity index (χ3n) is 5.02. The molecule has 29 heavy (non-hydrogen) atoms. The fraction of sp³-hybridized carbons (Fsp3) is 0.435. The monoisotopic (exact) mass is 393 g/mol. The molecule has 1 atom stereocenters. The molecular formula is C23H31N5O. The van der Waals surface area contributed by atoms with Crippen molar-refractivity contribution in [2.45, 2.75) is 32.6 Å². The molecule has 2 aromatic heterocycles. The Morgan fingerprint density at radius 1 is 1.24 bits per heavy atom. The Morgan fingerprint density at radius 2 is 2.07 bits per heavy atom. The summed E-state index contributed by atoms with van der Waals surface area (Å²) in [5.41, 5.74) is 3.96. The van der Waals surface area contributed by atoms with Crippen LogP contribution in [0.3, 0.4) is 0 Å². The number of piperidine rings is 1. The lowest BCUT2D eigenvalue weighted by Crippen LogP contribution is -2.38. The Morgan fingerprint density at radius 3 is 2.83 bits per heavy atom. The number of nitrogens with zero attached hydrogens (tertiary/aromatic N) is 4. The number of aromatic nitrogens is 2. The van der Waals surface area contributed by atoms with E-state index in [0.717, 1.165) is 54.5 Å². The number of amides is 1. The van der Waals surface area contributed by atoms with Crippen LogP contribution in [0.1, 0.15) is 35.8 Å². The third-order valence-corrected chi connectivity index (χ3v) is 5.02. The van der Waals surface area contributed by atoms with Gasteiger partial charge in [-0.1, -0.05) is 12.1 Å². The predicted molar refractivity (Wildman–Crippen MR) is 117 cm³/mol. The highest BCUT2D eigenvalue weighted by Crippen LogP contribution is 2.28. The Hall–Kier alpha value is -2.73. The van der Waals surface area contributed by atoms with Crippen LogP contribution in [-0.4, -0.2) is 59.4 Å². The topological polar surface area (TPSA) is 61.4 Å². The Labute approximate surface area is 173 Å². The molecule has 0 radical (unpaired) electrons. The van der Waals surface area contributed by atoms with Crippen LogP contribution in [0.25, 0.3) is 0 Å². The number of likely N-dealkylation sites (N-methyl/N-ethyl adjacent to an activating group) is 1. The van der Waals surface area contributed by atoms with E-state index in [4.69, 9.17) is 4.98 Å². The number of anilines is 2. The van der Waals surface area contributed by atoms with Gasteiger partial charge in [-0.3, -0.25) is 9.78 Å². The van der Waals surface area contributed by atoms with Crippen molar-refractivity contribution in [2.24, 2.45) is 0 Å². The number of rotatable bonds is 6. The molecule has 154 valence electrons. The molecule has 6 nitrogen and oxygen atoms in total. The second-order valence-electron chi connectivity index (χ2n) is 8.00. The fourth-order valence-electron chi connectivity index (χ4n) is 3.62. The highest BCUT2D eigenvalue weighted by Gasteiger charge is 2.25. The molecule has 1 aliphatic rings. The maximum Gasteiger partial charge on any atom is 0.246 e. The summed E-state index contributed by atoms with van der Waals surface area (Å²) in [7, 11) is 3.99. The van der Waals surface area contributed by atoms with Crippen LogP contribution in [-0.2, 0) is 4.79 Å². The summed E-state index contributed by atoms with van der Waals surface area (Å²) < 4.78 is 0. The van der Waals surface area contributed by atoms with Gasteiger partial charge in [0.05, 0.1) is 0 Å². The summed E-state index contributed by atoms with van der Waals surface area (Å²) in [4.78, 5) is 25.8. The molecule has 0 spiro atoms. The molecule has 6 heteroatoms. The molecule has 1 aliphatic heterocycles. The van der Waals surface area contributed by atoms with Crippen molar-refractivity contribution < 1.29 is 4.79 Å². The van der Waals surface area contributed by atoms with Crippen LogP contribution in [0.5, 0.6) is 0 Å². The molecule has 0 bridgehead atoms. The normalized spacial score (nSPS) is 17.1. The van der Waals surface area contributed by atoms with E-state index >= 15 is 0 Å². The number of nitrogens with one attached hydrogen (secondary N) is 1. The van der Waals surface area contributed by atoms with E-state index in [1.54, 1.807) is 6.08 Å². The first-order chi connectivity index (χ1) is 13.9. The first-order valence-corrected chi connectivity index (χ1v) is 10.2. The largest absolute Gasteiger partial charge is 0.340 e. The van der Waals surface area contributed by atoms with Gasteiger partial charge in [-0.2, -0.15) is 0 Å². The van der Waals surface area contributed by atoms with Gasteiger partial charge in [0, 0.05) is 54.4 Å². The number of hydrogen-bond donors (Lipinski definition) is 1. The van der Waals surface area contributed by atoms with E-state index in [2.05, 4.69) is 16.4 Å². The van der Waals surface area contributed by atoms with Crippen molar-refractivity contribution in [3.05, 3.63) is 59.6 Å². The molecule has 1 N–H and O–H groups in total. The van der Waals surface area contributed by atoms with Crippen LogP contribution in [0, 0.1) is 13.8 Å². The molecule has 2 aromatic rings. The first kappa shape index (κ1) is 21.0. The lowest BCUT2D eigenvalue weighted by Gasteiger charge is -2.32. The van der Waals surface area contributed by atoms with Crippen molar-refractivity contribution in [3.63, 3.8) is 0 Å². The number of aryl methyl sites for hydroxylation is 2. The lowest BCUT2D eigenvalue weighted by atomic mass is 9.93. The maximum absolute atomic E-state index is 12.5. The second-order valence-corrected chi connectivity index (χ2v) is 8.00. The molecule has 1 amide bonds. The van der Waals surface area contributed by atoms with Gasteiger partial charge in [0.2, 0.25) is 5.91 Å². The second kappa shape index (κ2) is 9.65. The van der Waals surface area contributed by atoms with Crippen LogP contribution < -0.4 is 5.32 Å². The molecule has 3 rings (SSSR count). The average molecular weight is 394 g/mol. The minimum Gasteiger partial charge on any atom is -0.340 e. The van der Waals surface area contributed by atoms with Gasteiger partial charge in [0.15, 0.2) is 0 Å². The number of carbonyl (C=O) groups is 1. The summed E-state index contributed by atoms with van der Waals surface area (Å²) in [6.07, 6.45) is 5.66. The van der Waals surface area contributed by atoms with Gasteiger partial charge >= 0.3 is 0 Å². The van der Waals surface area contributed by atoms with Crippen molar-refractivity contribution in [1.82, 2.24) is 19.8 Å². The molecule has 1 unspecified atom stereocenters. The smallest absolute Gasteiger partial charge is 0.246 e. The van der Waals surface area contributed by atoms with Crippen molar-refractivity contribution >= 4 is 17.4 Å². The molecule has 3 heterocycles. The van der Waals surface area contributed by atoms with E-state index in [0.29, 0.717) is 6.54 Å². The van der Waals surface area contributed by atoms with Crippen LogP contribution in [0.2, 0.25) is 0 Å². The van der Waals surface area contributed by atoms with Gasteiger partial charge < -0.3 is 15.1 Å². The molecular weight excluding hydrogens is 362 g/mol.